The second kappa shape index (κ2) is 7.16. The van der Waals surface area contributed by atoms with Crippen molar-refractivity contribution in [3.05, 3.63) is 32.8 Å². The molecule has 0 radical (unpaired) electrons. The number of hydrogen-bond acceptors (Lipinski definition) is 5. The number of aliphatic carboxylic acids is 1. The van der Waals surface area contributed by atoms with Crippen LogP contribution in [0.3, 0.4) is 0 Å². The lowest BCUT2D eigenvalue weighted by Crippen LogP contribution is -2.41. The lowest BCUT2D eigenvalue weighted by Gasteiger charge is -2.16. The van der Waals surface area contributed by atoms with Crippen molar-refractivity contribution < 1.29 is 23.2 Å². The van der Waals surface area contributed by atoms with Crippen LogP contribution in [0, 0.1) is 16.0 Å². The molecule has 0 aromatic heterocycles. The SMILES string of the molecule is CC(C)C[C@H](NS(=O)(=O)c1cc(Br)cc([N+](=O)[O-])c1)C(=O)O. The molecular formula is C12H15BrN2O6S. The molecular weight excluding hydrogens is 380 g/mol. The number of nitro groups is 1. The van der Waals surface area contributed by atoms with Crippen molar-refractivity contribution in [3.63, 3.8) is 0 Å². The summed E-state index contributed by atoms with van der Waals surface area (Å²) in [5, 5.41) is 19.9. The van der Waals surface area contributed by atoms with Gasteiger partial charge in [-0.05, 0) is 18.4 Å². The number of sulfonamides is 1. The van der Waals surface area contributed by atoms with Crippen molar-refractivity contribution in [2.45, 2.75) is 31.2 Å². The molecule has 0 spiro atoms. The van der Waals surface area contributed by atoms with Gasteiger partial charge in [0.15, 0.2) is 0 Å². The highest BCUT2D eigenvalue weighted by Gasteiger charge is 2.27. The first-order chi connectivity index (χ1) is 10.0. The van der Waals surface area contributed by atoms with Gasteiger partial charge < -0.3 is 5.11 Å². The van der Waals surface area contributed by atoms with Crippen molar-refractivity contribution >= 4 is 37.6 Å². The van der Waals surface area contributed by atoms with E-state index in [0.717, 1.165) is 12.1 Å². The summed E-state index contributed by atoms with van der Waals surface area (Å²) in [6.07, 6.45) is 0.102. The zero-order valence-corrected chi connectivity index (χ0v) is 14.2. The molecule has 22 heavy (non-hydrogen) atoms. The average molecular weight is 395 g/mol. The molecule has 0 aliphatic heterocycles. The zero-order valence-electron chi connectivity index (χ0n) is 11.8. The second-order valence-corrected chi connectivity index (χ2v) is 7.67. The Morgan fingerprint density at radius 1 is 1.41 bits per heavy atom. The lowest BCUT2D eigenvalue weighted by atomic mass is 10.1. The van der Waals surface area contributed by atoms with Crippen LogP contribution in [0.1, 0.15) is 20.3 Å². The van der Waals surface area contributed by atoms with Gasteiger partial charge >= 0.3 is 5.97 Å². The Morgan fingerprint density at radius 2 is 2.00 bits per heavy atom. The zero-order chi connectivity index (χ0) is 17.1. The highest BCUT2D eigenvalue weighted by atomic mass is 79.9. The van der Waals surface area contributed by atoms with Gasteiger partial charge in [-0.2, -0.15) is 4.72 Å². The maximum Gasteiger partial charge on any atom is 0.321 e. The molecule has 1 rings (SSSR count). The van der Waals surface area contributed by atoms with Gasteiger partial charge in [0, 0.05) is 16.6 Å². The van der Waals surface area contributed by atoms with Gasteiger partial charge in [0.1, 0.15) is 6.04 Å². The molecule has 122 valence electrons. The molecule has 0 heterocycles. The highest BCUT2D eigenvalue weighted by molar-refractivity contribution is 9.10. The second-order valence-electron chi connectivity index (χ2n) is 5.04. The van der Waals surface area contributed by atoms with Crippen molar-refractivity contribution in [2.75, 3.05) is 0 Å². The maximum atomic E-state index is 12.2. The monoisotopic (exact) mass is 394 g/mol. The fourth-order valence-corrected chi connectivity index (χ4v) is 3.63. The van der Waals surface area contributed by atoms with Gasteiger partial charge in [-0.25, -0.2) is 8.42 Å². The molecule has 1 aromatic carbocycles. The van der Waals surface area contributed by atoms with E-state index in [1.165, 1.54) is 6.07 Å². The molecule has 0 aliphatic rings. The first kappa shape index (κ1) is 18.5. The Labute approximate surface area is 135 Å². The summed E-state index contributed by atoms with van der Waals surface area (Å²) in [5.41, 5.74) is -0.412. The van der Waals surface area contributed by atoms with Crippen molar-refractivity contribution in [2.24, 2.45) is 5.92 Å². The van der Waals surface area contributed by atoms with Gasteiger partial charge in [0.25, 0.3) is 5.69 Å². The van der Waals surface area contributed by atoms with E-state index in [4.69, 9.17) is 5.11 Å². The number of halogens is 1. The van der Waals surface area contributed by atoms with E-state index >= 15 is 0 Å². The van der Waals surface area contributed by atoms with Crippen LogP contribution in [0.4, 0.5) is 5.69 Å². The van der Waals surface area contributed by atoms with Crippen molar-refractivity contribution in [3.8, 4) is 0 Å². The maximum absolute atomic E-state index is 12.2. The number of nitrogens with one attached hydrogen (secondary N) is 1. The van der Waals surface area contributed by atoms with Crippen LogP contribution < -0.4 is 4.72 Å². The number of rotatable bonds is 7. The van der Waals surface area contributed by atoms with E-state index in [9.17, 15) is 23.3 Å². The molecule has 0 unspecified atom stereocenters. The molecule has 0 amide bonds. The molecule has 0 bridgehead atoms. The Balaban J connectivity index is 3.18. The number of carbonyl (C=O) groups is 1. The van der Waals surface area contributed by atoms with Crippen LogP contribution in [-0.2, 0) is 14.8 Å². The Morgan fingerprint density at radius 3 is 2.45 bits per heavy atom. The largest absolute Gasteiger partial charge is 0.480 e. The first-order valence-corrected chi connectivity index (χ1v) is 8.50. The summed E-state index contributed by atoms with van der Waals surface area (Å²) < 4.78 is 26.7. The molecule has 1 atom stereocenters. The number of non-ortho nitro benzene ring substituents is 1. The topological polar surface area (TPSA) is 127 Å². The molecule has 2 N–H and O–H groups in total. The number of benzene rings is 1. The minimum absolute atomic E-state index is 0.0411. The number of nitrogens with zero attached hydrogens (tertiary/aromatic N) is 1. The molecule has 1 aromatic rings. The highest BCUT2D eigenvalue weighted by Crippen LogP contribution is 2.24. The molecule has 8 nitrogen and oxygen atoms in total. The van der Waals surface area contributed by atoms with Gasteiger partial charge in [-0.15, -0.1) is 0 Å². The van der Waals surface area contributed by atoms with E-state index in [0.29, 0.717) is 0 Å². The third kappa shape index (κ3) is 5.04. The van der Waals surface area contributed by atoms with E-state index in [-0.39, 0.29) is 21.7 Å². The summed E-state index contributed by atoms with van der Waals surface area (Å²) in [7, 11) is -4.19. The minimum atomic E-state index is -4.19. The molecule has 0 saturated heterocycles. The quantitative estimate of drug-likeness (QED) is 0.538. The first-order valence-electron chi connectivity index (χ1n) is 6.23. The summed E-state index contributed by atoms with van der Waals surface area (Å²) in [6, 6.07) is 1.90. The van der Waals surface area contributed by atoms with Crippen LogP contribution in [0.15, 0.2) is 27.6 Å². The minimum Gasteiger partial charge on any atom is -0.480 e. The smallest absolute Gasteiger partial charge is 0.321 e. The number of nitro benzene ring substituents is 1. The Kier molecular flexibility index (Phi) is 6.03. The standard InChI is InChI=1S/C12H15BrN2O6S/c1-7(2)3-11(12(16)17)14-22(20,21)10-5-8(13)4-9(6-10)15(18)19/h4-7,11,14H,3H2,1-2H3,(H,16,17)/t11-/m0/s1. The Bertz CT molecular complexity index is 689. The van der Waals surface area contributed by atoms with Crippen molar-refractivity contribution in [1.29, 1.82) is 0 Å². The van der Waals surface area contributed by atoms with E-state index < -0.39 is 32.6 Å². The number of carboxylic acids is 1. The molecule has 10 heteroatoms. The third-order valence-electron chi connectivity index (χ3n) is 2.68. The van der Waals surface area contributed by atoms with E-state index in [2.05, 4.69) is 20.7 Å². The average Bonchev–Trinajstić information content (AvgIpc) is 2.36. The lowest BCUT2D eigenvalue weighted by molar-refractivity contribution is -0.385. The third-order valence-corrected chi connectivity index (χ3v) is 4.59. The summed E-state index contributed by atoms with van der Waals surface area (Å²) in [5.74, 6) is -1.34. The van der Waals surface area contributed by atoms with Crippen LogP contribution in [0.2, 0.25) is 0 Å². The number of carboxylic acid groups (broad SMARTS) is 1. The van der Waals surface area contributed by atoms with Gasteiger partial charge in [-0.1, -0.05) is 29.8 Å². The summed E-state index contributed by atoms with van der Waals surface area (Å²) >= 11 is 3.00. The predicted octanol–water partition coefficient (Wildman–Crippen LogP) is 2.13. The molecule has 0 aliphatic carbocycles. The number of hydrogen-bond donors (Lipinski definition) is 2. The van der Waals surface area contributed by atoms with Crippen molar-refractivity contribution in [1.82, 2.24) is 4.72 Å². The van der Waals surface area contributed by atoms with Crippen LogP contribution in [-0.4, -0.2) is 30.5 Å². The summed E-state index contributed by atoms with van der Waals surface area (Å²) in [6.45, 7) is 3.52. The fraction of sp³-hybridized carbons (Fsp3) is 0.417. The van der Waals surface area contributed by atoms with E-state index in [1.54, 1.807) is 13.8 Å². The predicted molar refractivity (Wildman–Crippen MR) is 82.0 cm³/mol. The van der Waals surface area contributed by atoms with Crippen LogP contribution >= 0.6 is 15.9 Å². The Hall–Kier alpha value is -1.52. The van der Waals surface area contributed by atoms with Crippen LogP contribution in [0.25, 0.3) is 0 Å². The normalized spacial score (nSPS) is 13.1. The van der Waals surface area contributed by atoms with E-state index in [1.807, 2.05) is 0 Å². The molecule has 0 fully saturated rings. The molecule has 0 saturated carbocycles. The van der Waals surface area contributed by atoms with Gasteiger partial charge in [-0.3, -0.25) is 14.9 Å². The van der Waals surface area contributed by atoms with Gasteiger partial charge in [0.05, 0.1) is 9.82 Å². The van der Waals surface area contributed by atoms with Crippen LogP contribution in [0.5, 0.6) is 0 Å². The van der Waals surface area contributed by atoms with Gasteiger partial charge in [0.2, 0.25) is 10.0 Å². The summed E-state index contributed by atoms with van der Waals surface area (Å²) in [4.78, 5) is 20.8. The fourth-order valence-electron chi connectivity index (χ4n) is 1.73.